The van der Waals surface area contributed by atoms with Gasteiger partial charge in [-0.3, -0.25) is 0 Å². The Balaban J connectivity index is 2.43. The van der Waals surface area contributed by atoms with Crippen molar-refractivity contribution in [1.29, 1.82) is 0 Å². The second-order valence-corrected chi connectivity index (χ2v) is 3.73. The van der Waals surface area contributed by atoms with Crippen molar-refractivity contribution in [1.82, 2.24) is 5.32 Å². The highest BCUT2D eigenvalue weighted by atomic mass is 35.5. The molecule has 0 saturated heterocycles. The largest absolute Gasteiger partial charge is 0.391 e. The number of aliphatic hydroxyl groups excluding tert-OH is 1. The summed E-state index contributed by atoms with van der Waals surface area (Å²) in [6.45, 7) is 3.53. The van der Waals surface area contributed by atoms with Gasteiger partial charge >= 0.3 is 0 Å². The molecule has 0 bridgehead atoms. The quantitative estimate of drug-likeness (QED) is 0.783. The van der Waals surface area contributed by atoms with Gasteiger partial charge < -0.3 is 10.4 Å². The fourth-order valence-corrected chi connectivity index (χ4v) is 1.53. The molecule has 0 aliphatic heterocycles. The normalized spacial score (nSPS) is 12.8. The second kappa shape index (κ2) is 6.02. The molecule has 0 amide bonds. The van der Waals surface area contributed by atoms with Crippen molar-refractivity contribution in [3.05, 3.63) is 34.9 Å². The van der Waals surface area contributed by atoms with Crippen molar-refractivity contribution >= 4 is 11.6 Å². The fourth-order valence-electron chi connectivity index (χ4n) is 1.32. The lowest BCUT2D eigenvalue weighted by Gasteiger charge is -2.10. The van der Waals surface area contributed by atoms with Gasteiger partial charge in [0.25, 0.3) is 0 Å². The highest BCUT2D eigenvalue weighted by molar-refractivity contribution is 6.30. The number of hydrogen-bond acceptors (Lipinski definition) is 2. The van der Waals surface area contributed by atoms with Crippen molar-refractivity contribution in [2.45, 2.75) is 19.4 Å². The predicted octanol–water partition coefficient (Wildman–Crippen LogP) is 1.85. The Bertz CT molecular complexity index is 278. The summed E-state index contributed by atoms with van der Waals surface area (Å²) < 4.78 is 0. The lowest BCUT2D eigenvalue weighted by Crippen LogP contribution is -2.28. The van der Waals surface area contributed by atoms with E-state index in [-0.39, 0.29) is 6.10 Å². The number of likely N-dealkylation sites (N-methyl/N-ethyl adjacent to an activating group) is 1. The smallest absolute Gasteiger partial charge is 0.0704 e. The van der Waals surface area contributed by atoms with Crippen LogP contribution in [0.4, 0.5) is 0 Å². The van der Waals surface area contributed by atoms with E-state index in [0.29, 0.717) is 13.0 Å². The summed E-state index contributed by atoms with van der Waals surface area (Å²) >= 11 is 5.84. The summed E-state index contributed by atoms with van der Waals surface area (Å²) in [5.74, 6) is 0. The Kier molecular flexibility index (Phi) is 4.94. The molecule has 0 radical (unpaired) electrons. The molecule has 0 aliphatic rings. The van der Waals surface area contributed by atoms with Crippen LogP contribution in [0.15, 0.2) is 24.3 Å². The van der Waals surface area contributed by atoms with Gasteiger partial charge in [0.1, 0.15) is 0 Å². The molecule has 2 N–H and O–H groups in total. The third-order valence-electron chi connectivity index (χ3n) is 1.99. The van der Waals surface area contributed by atoms with E-state index in [1.165, 1.54) is 0 Å². The lowest BCUT2D eigenvalue weighted by atomic mass is 10.1. The van der Waals surface area contributed by atoms with Gasteiger partial charge in [-0.25, -0.2) is 0 Å². The van der Waals surface area contributed by atoms with Crippen LogP contribution >= 0.6 is 11.6 Å². The third kappa shape index (κ3) is 4.09. The van der Waals surface area contributed by atoms with Gasteiger partial charge in [-0.2, -0.15) is 0 Å². The van der Waals surface area contributed by atoms with E-state index in [1.807, 2.05) is 31.2 Å². The Hall–Kier alpha value is -0.570. The molecule has 0 heterocycles. The van der Waals surface area contributed by atoms with Gasteiger partial charge in [0.2, 0.25) is 0 Å². The Labute approximate surface area is 89.9 Å². The zero-order valence-electron chi connectivity index (χ0n) is 8.33. The molecule has 78 valence electrons. The number of benzene rings is 1. The van der Waals surface area contributed by atoms with Crippen LogP contribution in [0.3, 0.4) is 0 Å². The Morgan fingerprint density at radius 2 is 2.29 bits per heavy atom. The van der Waals surface area contributed by atoms with Crippen molar-refractivity contribution in [2.24, 2.45) is 0 Å². The zero-order valence-corrected chi connectivity index (χ0v) is 9.09. The first-order chi connectivity index (χ1) is 6.72. The van der Waals surface area contributed by atoms with Crippen molar-refractivity contribution < 1.29 is 5.11 Å². The molecule has 0 saturated carbocycles. The Morgan fingerprint density at radius 1 is 1.50 bits per heavy atom. The maximum Gasteiger partial charge on any atom is 0.0704 e. The number of hydrogen-bond donors (Lipinski definition) is 2. The summed E-state index contributed by atoms with van der Waals surface area (Å²) in [7, 11) is 0. The van der Waals surface area contributed by atoms with E-state index in [0.717, 1.165) is 17.1 Å². The standard InChI is InChI=1S/C11H16ClNO/c1-2-13-8-11(14)7-9-4-3-5-10(12)6-9/h3-6,11,13-14H,2,7-8H2,1H3. The predicted molar refractivity (Wildman–Crippen MR) is 59.7 cm³/mol. The van der Waals surface area contributed by atoms with Crippen molar-refractivity contribution in [2.75, 3.05) is 13.1 Å². The zero-order chi connectivity index (χ0) is 10.4. The van der Waals surface area contributed by atoms with E-state index < -0.39 is 0 Å². The van der Waals surface area contributed by atoms with Gasteiger partial charge in [-0.05, 0) is 30.7 Å². The van der Waals surface area contributed by atoms with Crippen LogP contribution in [0, 0.1) is 0 Å². The van der Waals surface area contributed by atoms with Crippen LogP contribution in [-0.2, 0) is 6.42 Å². The number of aliphatic hydroxyl groups is 1. The summed E-state index contributed by atoms with van der Waals surface area (Å²) in [5.41, 5.74) is 1.07. The van der Waals surface area contributed by atoms with E-state index in [9.17, 15) is 5.11 Å². The minimum atomic E-state index is -0.339. The summed E-state index contributed by atoms with van der Waals surface area (Å²) in [6.07, 6.45) is 0.307. The van der Waals surface area contributed by atoms with Gasteiger partial charge in [0.15, 0.2) is 0 Å². The van der Waals surface area contributed by atoms with Crippen LogP contribution in [0.2, 0.25) is 5.02 Å². The fraction of sp³-hybridized carbons (Fsp3) is 0.455. The molecule has 1 aromatic rings. The van der Waals surface area contributed by atoms with Gasteiger partial charge in [-0.15, -0.1) is 0 Å². The first kappa shape index (κ1) is 11.5. The molecule has 1 unspecified atom stereocenters. The van der Waals surface area contributed by atoms with Crippen LogP contribution in [0.5, 0.6) is 0 Å². The molecular formula is C11H16ClNO. The molecule has 0 spiro atoms. The number of rotatable bonds is 5. The molecule has 1 aromatic carbocycles. The molecule has 14 heavy (non-hydrogen) atoms. The molecule has 0 aliphatic carbocycles. The monoisotopic (exact) mass is 213 g/mol. The molecule has 3 heteroatoms. The van der Waals surface area contributed by atoms with Crippen molar-refractivity contribution in [3.8, 4) is 0 Å². The summed E-state index contributed by atoms with van der Waals surface area (Å²) in [6, 6.07) is 7.59. The topological polar surface area (TPSA) is 32.3 Å². The molecule has 1 atom stereocenters. The van der Waals surface area contributed by atoms with Gasteiger partial charge in [-0.1, -0.05) is 30.7 Å². The molecule has 0 fully saturated rings. The van der Waals surface area contributed by atoms with Gasteiger partial charge in [0.05, 0.1) is 6.10 Å². The molecule has 1 rings (SSSR count). The minimum absolute atomic E-state index is 0.339. The van der Waals surface area contributed by atoms with E-state index in [2.05, 4.69) is 5.32 Å². The summed E-state index contributed by atoms with van der Waals surface area (Å²) in [4.78, 5) is 0. The molecule has 0 aromatic heterocycles. The molecular weight excluding hydrogens is 198 g/mol. The highest BCUT2D eigenvalue weighted by Crippen LogP contribution is 2.11. The minimum Gasteiger partial charge on any atom is -0.391 e. The van der Waals surface area contributed by atoms with Crippen LogP contribution in [-0.4, -0.2) is 24.3 Å². The first-order valence-electron chi connectivity index (χ1n) is 4.85. The molecule has 2 nitrogen and oxygen atoms in total. The maximum absolute atomic E-state index is 9.62. The van der Waals surface area contributed by atoms with E-state index >= 15 is 0 Å². The second-order valence-electron chi connectivity index (χ2n) is 3.30. The van der Waals surface area contributed by atoms with E-state index in [1.54, 1.807) is 0 Å². The van der Waals surface area contributed by atoms with Gasteiger partial charge in [0, 0.05) is 11.6 Å². The third-order valence-corrected chi connectivity index (χ3v) is 2.23. The Morgan fingerprint density at radius 3 is 2.93 bits per heavy atom. The van der Waals surface area contributed by atoms with Crippen molar-refractivity contribution in [3.63, 3.8) is 0 Å². The number of halogens is 1. The SMILES string of the molecule is CCNCC(O)Cc1cccc(Cl)c1. The summed E-state index contributed by atoms with van der Waals surface area (Å²) in [5, 5.41) is 13.4. The average Bonchev–Trinajstić information content (AvgIpc) is 2.15. The highest BCUT2D eigenvalue weighted by Gasteiger charge is 2.04. The first-order valence-corrected chi connectivity index (χ1v) is 5.23. The van der Waals surface area contributed by atoms with Crippen LogP contribution in [0.25, 0.3) is 0 Å². The van der Waals surface area contributed by atoms with Crippen LogP contribution < -0.4 is 5.32 Å². The average molecular weight is 214 g/mol. The maximum atomic E-state index is 9.62. The van der Waals surface area contributed by atoms with Crippen LogP contribution in [0.1, 0.15) is 12.5 Å². The lowest BCUT2D eigenvalue weighted by molar-refractivity contribution is 0.173. The number of nitrogens with one attached hydrogen (secondary N) is 1. The van der Waals surface area contributed by atoms with E-state index in [4.69, 9.17) is 11.6 Å².